The van der Waals surface area contributed by atoms with Gasteiger partial charge in [-0.3, -0.25) is 4.79 Å². The number of alkyl halides is 3. The van der Waals surface area contributed by atoms with Gasteiger partial charge in [-0.05, 0) is 25.5 Å². The van der Waals surface area contributed by atoms with Crippen LogP contribution in [0.15, 0.2) is 18.3 Å². The van der Waals surface area contributed by atoms with Gasteiger partial charge in [0.2, 0.25) is 5.88 Å². The number of hydrogen-bond acceptors (Lipinski definition) is 4. The molecule has 1 aliphatic heterocycles. The van der Waals surface area contributed by atoms with Crippen molar-refractivity contribution >= 4 is 5.91 Å². The highest BCUT2D eigenvalue weighted by molar-refractivity contribution is 5.96. The second-order valence-corrected chi connectivity index (χ2v) is 5.33. The number of carbonyl (C=O) groups excluding carboxylic acids is 1. The van der Waals surface area contributed by atoms with E-state index in [2.05, 4.69) is 9.72 Å². The van der Waals surface area contributed by atoms with Gasteiger partial charge in [0.25, 0.3) is 5.91 Å². The summed E-state index contributed by atoms with van der Waals surface area (Å²) < 4.78 is 46.9. The third-order valence-electron chi connectivity index (χ3n) is 3.55. The first-order valence-electron chi connectivity index (χ1n) is 7.42. The molecule has 0 spiro atoms. The molecule has 0 aromatic carbocycles. The fourth-order valence-corrected chi connectivity index (χ4v) is 2.38. The van der Waals surface area contributed by atoms with E-state index in [1.165, 1.54) is 18.3 Å². The topological polar surface area (TPSA) is 51.7 Å². The normalized spacial score (nSPS) is 18.0. The van der Waals surface area contributed by atoms with Crippen LogP contribution in [0.2, 0.25) is 0 Å². The number of nitrogens with zero attached hydrogens (tertiary/aromatic N) is 2. The maximum Gasteiger partial charge on any atom is 0.422 e. The Morgan fingerprint density at radius 1 is 1.52 bits per heavy atom. The van der Waals surface area contributed by atoms with Crippen LogP contribution in [0.4, 0.5) is 13.2 Å². The summed E-state index contributed by atoms with van der Waals surface area (Å²) in [7, 11) is 0. The Labute approximate surface area is 132 Å². The van der Waals surface area contributed by atoms with Gasteiger partial charge in [-0.25, -0.2) is 4.98 Å². The molecule has 1 aliphatic rings. The lowest BCUT2D eigenvalue weighted by atomic mass is 10.1. The minimum absolute atomic E-state index is 0.0394. The summed E-state index contributed by atoms with van der Waals surface area (Å²) in [5.74, 6) is -0.435. The molecule has 8 heteroatoms. The zero-order valence-electron chi connectivity index (χ0n) is 12.8. The Morgan fingerprint density at radius 2 is 2.30 bits per heavy atom. The van der Waals surface area contributed by atoms with Gasteiger partial charge in [-0.15, -0.1) is 0 Å². The Hall–Kier alpha value is -1.83. The molecule has 0 bridgehead atoms. The smallest absolute Gasteiger partial charge is 0.422 e. The molecular formula is C15H19F3N2O3. The highest BCUT2D eigenvalue weighted by Gasteiger charge is 2.30. The summed E-state index contributed by atoms with van der Waals surface area (Å²) in [6, 6.07) is 2.93. The molecule has 1 aromatic heterocycles. The quantitative estimate of drug-likeness (QED) is 0.803. The molecule has 0 N–H and O–H groups in total. The van der Waals surface area contributed by atoms with Crippen LogP contribution in [0.5, 0.6) is 5.88 Å². The number of halogens is 3. The van der Waals surface area contributed by atoms with Gasteiger partial charge in [0, 0.05) is 31.8 Å². The average Bonchev–Trinajstić information content (AvgIpc) is 3.02. The van der Waals surface area contributed by atoms with E-state index in [0.717, 1.165) is 6.42 Å². The SMILES string of the molecule is CCN(C[C@H]1CCOC1)C(=O)c1cccnc1OCC(F)(F)F. The number of amides is 1. The van der Waals surface area contributed by atoms with E-state index in [0.29, 0.717) is 26.3 Å². The van der Waals surface area contributed by atoms with E-state index >= 15 is 0 Å². The van der Waals surface area contributed by atoms with Crippen LogP contribution >= 0.6 is 0 Å². The summed E-state index contributed by atoms with van der Waals surface area (Å²) in [6.07, 6.45) is -2.32. The standard InChI is InChI=1S/C15H19F3N2O3/c1-2-20(8-11-5-7-22-9-11)14(21)12-4-3-6-19-13(12)23-10-15(16,17)18/h3-4,6,11H,2,5,7-10H2,1H3/t11-/m1/s1. The lowest BCUT2D eigenvalue weighted by molar-refractivity contribution is -0.154. The summed E-state index contributed by atoms with van der Waals surface area (Å²) in [5.41, 5.74) is 0.0394. The van der Waals surface area contributed by atoms with Gasteiger partial charge in [0.15, 0.2) is 6.61 Å². The van der Waals surface area contributed by atoms with Crippen molar-refractivity contribution in [2.45, 2.75) is 19.5 Å². The molecule has 128 valence electrons. The van der Waals surface area contributed by atoms with E-state index in [1.807, 2.05) is 6.92 Å². The first kappa shape index (κ1) is 17.5. The van der Waals surface area contributed by atoms with Crippen LogP contribution in [-0.4, -0.2) is 54.9 Å². The predicted molar refractivity (Wildman–Crippen MR) is 76.3 cm³/mol. The van der Waals surface area contributed by atoms with Crippen molar-refractivity contribution in [1.29, 1.82) is 0 Å². The molecule has 1 saturated heterocycles. The number of pyridine rings is 1. The van der Waals surface area contributed by atoms with Gasteiger partial charge >= 0.3 is 6.18 Å². The Balaban J connectivity index is 2.10. The summed E-state index contributed by atoms with van der Waals surface area (Å²) >= 11 is 0. The molecule has 1 aromatic rings. The Bertz CT molecular complexity index is 531. The molecule has 1 amide bonds. The summed E-state index contributed by atoms with van der Waals surface area (Å²) in [4.78, 5) is 17.9. The van der Waals surface area contributed by atoms with E-state index in [-0.39, 0.29) is 23.3 Å². The molecule has 23 heavy (non-hydrogen) atoms. The minimum atomic E-state index is -4.48. The average molecular weight is 332 g/mol. The van der Waals surface area contributed by atoms with Crippen LogP contribution in [-0.2, 0) is 4.74 Å². The fraction of sp³-hybridized carbons (Fsp3) is 0.600. The zero-order valence-corrected chi connectivity index (χ0v) is 12.8. The maximum absolute atomic E-state index is 12.6. The van der Waals surface area contributed by atoms with Crippen molar-refractivity contribution in [3.63, 3.8) is 0 Å². The summed E-state index contributed by atoms with van der Waals surface area (Å²) in [6.45, 7) is 2.55. The van der Waals surface area contributed by atoms with Crippen molar-refractivity contribution < 1.29 is 27.4 Å². The van der Waals surface area contributed by atoms with Crippen LogP contribution < -0.4 is 4.74 Å². The third-order valence-corrected chi connectivity index (χ3v) is 3.55. The van der Waals surface area contributed by atoms with Crippen LogP contribution in [0.25, 0.3) is 0 Å². The van der Waals surface area contributed by atoms with Gasteiger partial charge in [-0.2, -0.15) is 13.2 Å². The third kappa shape index (κ3) is 5.09. The second kappa shape index (κ2) is 7.63. The lowest BCUT2D eigenvalue weighted by Crippen LogP contribution is -2.36. The van der Waals surface area contributed by atoms with E-state index in [4.69, 9.17) is 4.74 Å². The Kier molecular flexibility index (Phi) is 5.81. The van der Waals surface area contributed by atoms with Crippen molar-refractivity contribution in [3.05, 3.63) is 23.9 Å². The number of ether oxygens (including phenoxy) is 2. The monoisotopic (exact) mass is 332 g/mol. The van der Waals surface area contributed by atoms with Crippen LogP contribution in [0.3, 0.4) is 0 Å². The molecule has 5 nitrogen and oxygen atoms in total. The molecule has 2 rings (SSSR count). The first-order valence-corrected chi connectivity index (χ1v) is 7.42. The molecule has 0 radical (unpaired) electrons. The highest BCUT2D eigenvalue weighted by Crippen LogP contribution is 2.22. The molecule has 1 fully saturated rings. The summed E-state index contributed by atoms with van der Waals surface area (Å²) in [5, 5.41) is 0. The zero-order chi connectivity index (χ0) is 16.9. The molecule has 0 aliphatic carbocycles. The predicted octanol–water partition coefficient (Wildman–Crippen LogP) is 2.52. The van der Waals surface area contributed by atoms with E-state index in [1.54, 1.807) is 4.90 Å². The van der Waals surface area contributed by atoms with Gasteiger partial charge in [0.1, 0.15) is 5.56 Å². The van der Waals surface area contributed by atoms with Crippen LogP contribution in [0.1, 0.15) is 23.7 Å². The molecular weight excluding hydrogens is 313 g/mol. The van der Waals surface area contributed by atoms with Gasteiger partial charge in [-0.1, -0.05) is 0 Å². The second-order valence-electron chi connectivity index (χ2n) is 5.33. The highest BCUT2D eigenvalue weighted by atomic mass is 19.4. The van der Waals surface area contributed by atoms with E-state index in [9.17, 15) is 18.0 Å². The largest absolute Gasteiger partial charge is 0.467 e. The van der Waals surface area contributed by atoms with Crippen molar-refractivity contribution in [3.8, 4) is 5.88 Å². The first-order chi connectivity index (χ1) is 10.9. The van der Waals surface area contributed by atoms with E-state index < -0.39 is 12.8 Å². The molecule has 1 atom stereocenters. The fourth-order valence-electron chi connectivity index (χ4n) is 2.38. The Morgan fingerprint density at radius 3 is 2.91 bits per heavy atom. The van der Waals surface area contributed by atoms with Crippen molar-refractivity contribution in [2.24, 2.45) is 5.92 Å². The number of aromatic nitrogens is 1. The number of rotatable bonds is 6. The number of hydrogen-bond donors (Lipinski definition) is 0. The molecule has 2 heterocycles. The molecule has 0 unspecified atom stereocenters. The van der Waals surface area contributed by atoms with Gasteiger partial charge < -0.3 is 14.4 Å². The minimum Gasteiger partial charge on any atom is -0.467 e. The maximum atomic E-state index is 12.6. The van der Waals surface area contributed by atoms with Crippen molar-refractivity contribution in [2.75, 3.05) is 32.9 Å². The lowest BCUT2D eigenvalue weighted by Gasteiger charge is -2.24. The molecule has 0 saturated carbocycles. The van der Waals surface area contributed by atoms with Crippen molar-refractivity contribution in [1.82, 2.24) is 9.88 Å². The van der Waals surface area contributed by atoms with Gasteiger partial charge in [0.05, 0.1) is 6.61 Å². The van der Waals surface area contributed by atoms with Crippen LogP contribution in [0, 0.1) is 5.92 Å². The number of carbonyl (C=O) groups is 1.